The van der Waals surface area contributed by atoms with Gasteiger partial charge in [-0.05, 0) is 44.4 Å². The molecule has 2 aromatic rings. The minimum absolute atomic E-state index is 0.343. The van der Waals surface area contributed by atoms with Gasteiger partial charge in [0.15, 0.2) is 0 Å². The van der Waals surface area contributed by atoms with Crippen LogP contribution in [0.5, 0.6) is 0 Å². The van der Waals surface area contributed by atoms with E-state index >= 15 is 0 Å². The summed E-state index contributed by atoms with van der Waals surface area (Å²) in [7, 11) is 2.04. The number of rotatable bonds is 3. The molecule has 1 aromatic heterocycles. The number of hydrogen-bond donors (Lipinski definition) is 1. The molecular formula is C17H22N2OS. The number of nitrogens with one attached hydrogen (secondary N) is 1. The van der Waals surface area contributed by atoms with Gasteiger partial charge in [0.2, 0.25) is 0 Å². The molecule has 0 saturated carbocycles. The van der Waals surface area contributed by atoms with E-state index in [1.54, 1.807) is 11.8 Å². The van der Waals surface area contributed by atoms with Gasteiger partial charge in [-0.3, -0.25) is 0 Å². The van der Waals surface area contributed by atoms with Crippen molar-refractivity contribution in [2.45, 2.75) is 49.6 Å². The summed E-state index contributed by atoms with van der Waals surface area (Å²) in [6.07, 6.45) is 1.13. The Morgan fingerprint density at radius 2 is 1.95 bits per heavy atom. The maximum Gasteiger partial charge on any atom is 0.256 e. The summed E-state index contributed by atoms with van der Waals surface area (Å²) >= 11 is 1.76. The molecule has 0 spiro atoms. The minimum atomic E-state index is 0.343. The molecule has 112 valence electrons. The molecule has 1 aliphatic carbocycles. The number of fused-ring (bicyclic) bond motifs is 1. The Morgan fingerprint density at radius 3 is 2.57 bits per heavy atom. The zero-order valence-electron chi connectivity index (χ0n) is 13.0. The van der Waals surface area contributed by atoms with E-state index in [2.05, 4.69) is 41.5 Å². The number of aryl methyl sites for hydroxylation is 2. The second-order valence-electron chi connectivity index (χ2n) is 5.81. The summed E-state index contributed by atoms with van der Waals surface area (Å²) in [6, 6.07) is 9.10. The highest BCUT2D eigenvalue weighted by Gasteiger charge is 2.33. The lowest BCUT2D eigenvalue weighted by molar-refractivity contribution is 0.422. The van der Waals surface area contributed by atoms with Gasteiger partial charge in [0, 0.05) is 11.3 Å². The lowest BCUT2D eigenvalue weighted by Crippen LogP contribution is -2.33. The van der Waals surface area contributed by atoms with Crippen LogP contribution in [-0.4, -0.2) is 17.3 Å². The normalized spacial score (nSPS) is 24.9. The first-order chi connectivity index (χ1) is 10.1. The van der Waals surface area contributed by atoms with Crippen molar-refractivity contribution < 1.29 is 4.42 Å². The summed E-state index contributed by atoms with van der Waals surface area (Å²) in [5.41, 5.74) is 3.87. The number of aromatic nitrogens is 1. The van der Waals surface area contributed by atoms with Crippen molar-refractivity contribution in [2.24, 2.45) is 0 Å². The van der Waals surface area contributed by atoms with Crippen LogP contribution in [0.1, 0.15) is 47.9 Å². The quantitative estimate of drug-likeness (QED) is 0.921. The third-order valence-electron chi connectivity index (χ3n) is 4.39. The summed E-state index contributed by atoms with van der Waals surface area (Å²) in [5.74, 6) is 1.49. The first-order valence-corrected chi connectivity index (χ1v) is 8.35. The van der Waals surface area contributed by atoms with Crippen LogP contribution in [0.3, 0.4) is 0 Å². The molecule has 0 fully saturated rings. The van der Waals surface area contributed by atoms with Crippen molar-refractivity contribution >= 4 is 11.8 Å². The van der Waals surface area contributed by atoms with Gasteiger partial charge in [0.25, 0.3) is 5.22 Å². The third-order valence-corrected chi connectivity index (χ3v) is 5.54. The molecule has 0 aliphatic heterocycles. The van der Waals surface area contributed by atoms with E-state index in [1.807, 2.05) is 20.9 Å². The summed E-state index contributed by atoms with van der Waals surface area (Å²) in [6.45, 7) is 6.28. The largest absolute Gasteiger partial charge is 0.437 e. The van der Waals surface area contributed by atoms with Crippen LogP contribution in [0.15, 0.2) is 33.9 Å². The van der Waals surface area contributed by atoms with Crippen LogP contribution in [0.4, 0.5) is 0 Å². The summed E-state index contributed by atoms with van der Waals surface area (Å²) < 4.78 is 5.76. The second-order valence-corrected chi connectivity index (χ2v) is 7.00. The Morgan fingerprint density at radius 1 is 1.24 bits per heavy atom. The van der Waals surface area contributed by atoms with Crippen molar-refractivity contribution in [3.63, 3.8) is 0 Å². The van der Waals surface area contributed by atoms with Gasteiger partial charge in [-0.1, -0.05) is 43.0 Å². The van der Waals surface area contributed by atoms with E-state index in [0.29, 0.717) is 17.2 Å². The van der Waals surface area contributed by atoms with Crippen LogP contribution in [0.25, 0.3) is 0 Å². The SMILES string of the molecule is CNC1c2ccccc2C(C)CC1Sc1nc(C)c(C)o1. The number of hydrogen-bond acceptors (Lipinski definition) is 4. The number of nitrogens with zero attached hydrogens (tertiary/aromatic N) is 1. The van der Waals surface area contributed by atoms with Gasteiger partial charge in [-0.2, -0.15) is 0 Å². The summed E-state index contributed by atoms with van der Waals surface area (Å²) in [5, 5.41) is 4.72. The number of oxazole rings is 1. The molecule has 3 rings (SSSR count). The zero-order valence-corrected chi connectivity index (χ0v) is 13.8. The molecule has 21 heavy (non-hydrogen) atoms. The third kappa shape index (κ3) is 2.74. The molecule has 0 amide bonds. The van der Waals surface area contributed by atoms with Crippen molar-refractivity contribution in [3.05, 3.63) is 46.8 Å². The van der Waals surface area contributed by atoms with E-state index in [0.717, 1.165) is 23.1 Å². The van der Waals surface area contributed by atoms with Crippen LogP contribution in [-0.2, 0) is 0 Å². The molecule has 0 saturated heterocycles. The molecule has 0 bridgehead atoms. The Labute approximate surface area is 130 Å². The Hall–Kier alpha value is -1.26. The van der Waals surface area contributed by atoms with Crippen molar-refractivity contribution in [3.8, 4) is 0 Å². The van der Waals surface area contributed by atoms with Gasteiger partial charge in [-0.25, -0.2) is 4.98 Å². The predicted octanol–water partition coefficient (Wildman–Crippen LogP) is 4.22. The fourth-order valence-corrected chi connectivity index (χ4v) is 4.56. The van der Waals surface area contributed by atoms with Crippen molar-refractivity contribution in [1.82, 2.24) is 10.3 Å². The Kier molecular flexibility index (Phi) is 4.09. The average molecular weight is 302 g/mol. The molecule has 3 unspecified atom stereocenters. The second kappa shape index (κ2) is 5.85. The number of benzene rings is 1. The first-order valence-electron chi connectivity index (χ1n) is 7.47. The van der Waals surface area contributed by atoms with Gasteiger partial charge in [0.05, 0.1) is 5.69 Å². The number of thioether (sulfide) groups is 1. The highest BCUT2D eigenvalue weighted by molar-refractivity contribution is 7.99. The van der Waals surface area contributed by atoms with E-state index in [9.17, 15) is 0 Å². The standard InChI is InChI=1S/C17H22N2OS/c1-10-9-15(21-17-19-11(2)12(3)20-17)16(18-4)14-8-6-5-7-13(10)14/h5-8,10,15-16,18H,9H2,1-4H3. The molecule has 3 nitrogen and oxygen atoms in total. The maximum absolute atomic E-state index is 5.76. The van der Waals surface area contributed by atoms with Gasteiger partial charge in [0.1, 0.15) is 5.76 Å². The molecule has 1 aliphatic rings. The van der Waals surface area contributed by atoms with E-state index in [4.69, 9.17) is 4.42 Å². The monoisotopic (exact) mass is 302 g/mol. The Balaban J connectivity index is 1.89. The topological polar surface area (TPSA) is 38.1 Å². The minimum Gasteiger partial charge on any atom is -0.437 e. The fourth-order valence-electron chi connectivity index (χ4n) is 3.14. The van der Waals surface area contributed by atoms with Crippen LogP contribution in [0, 0.1) is 13.8 Å². The highest BCUT2D eigenvalue weighted by Crippen LogP contribution is 2.44. The molecule has 1 N–H and O–H groups in total. The van der Waals surface area contributed by atoms with Crippen LogP contribution < -0.4 is 5.32 Å². The lowest BCUT2D eigenvalue weighted by atomic mass is 9.81. The molecular weight excluding hydrogens is 280 g/mol. The zero-order chi connectivity index (χ0) is 15.0. The van der Waals surface area contributed by atoms with E-state index in [-0.39, 0.29) is 0 Å². The van der Waals surface area contributed by atoms with Crippen molar-refractivity contribution in [2.75, 3.05) is 7.05 Å². The highest BCUT2D eigenvalue weighted by atomic mass is 32.2. The van der Waals surface area contributed by atoms with Crippen LogP contribution >= 0.6 is 11.8 Å². The van der Waals surface area contributed by atoms with Crippen molar-refractivity contribution in [1.29, 1.82) is 0 Å². The average Bonchev–Trinajstić information content (AvgIpc) is 2.78. The van der Waals surface area contributed by atoms with Gasteiger partial charge in [-0.15, -0.1) is 0 Å². The molecule has 4 heteroatoms. The molecule has 1 heterocycles. The van der Waals surface area contributed by atoms with Crippen LogP contribution in [0.2, 0.25) is 0 Å². The smallest absolute Gasteiger partial charge is 0.256 e. The molecule has 3 atom stereocenters. The predicted molar refractivity (Wildman–Crippen MR) is 86.9 cm³/mol. The molecule has 0 radical (unpaired) electrons. The van der Waals surface area contributed by atoms with Gasteiger partial charge < -0.3 is 9.73 Å². The van der Waals surface area contributed by atoms with Gasteiger partial charge >= 0.3 is 0 Å². The summed E-state index contributed by atoms with van der Waals surface area (Å²) in [4.78, 5) is 4.52. The van der Waals surface area contributed by atoms with E-state index in [1.165, 1.54) is 11.1 Å². The fraction of sp³-hybridized carbons (Fsp3) is 0.471. The van der Waals surface area contributed by atoms with E-state index < -0.39 is 0 Å². The maximum atomic E-state index is 5.76. The first kappa shape index (κ1) is 14.7. The molecule has 1 aromatic carbocycles. The lowest BCUT2D eigenvalue weighted by Gasteiger charge is -2.35. The Bertz CT molecular complexity index is 618.